The molecule has 0 spiro atoms. The van der Waals surface area contributed by atoms with Gasteiger partial charge in [0.2, 0.25) is 5.95 Å². The average molecular weight is 425 g/mol. The SMILES string of the molecule is CC(C)(C)c1ccc(CNc2ncc3c4[nH]ncc4c(=O)n(-c4ccccc4)c3n2)cc1. The summed E-state index contributed by atoms with van der Waals surface area (Å²) in [5.74, 6) is 0.459. The van der Waals surface area contributed by atoms with Crippen molar-refractivity contribution in [2.24, 2.45) is 0 Å². The average Bonchev–Trinajstić information content (AvgIpc) is 3.29. The largest absolute Gasteiger partial charge is 0.350 e. The summed E-state index contributed by atoms with van der Waals surface area (Å²) in [5.41, 5.74) is 4.28. The van der Waals surface area contributed by atoms with Gasteiger partial charge in [-0.25, -0.2) is 4.98 Å². The van der Waals surface area contributed by atoms with Gasteiger partial charge in [-0.2, -0.15) is 10.1 Å². The smallest absolute Gasteiger partial charge is 0.267 e. The van der Waals surface area contributed by atoms with Gasteiger partial charge in [0, 0.05) is 12.7 Å². The number of para-hydroxylation sites is 1. The van der Waals surface area contributed by atoms with Crippen molar-refractivity contribution >= 4 is 27.9 Å². The van der Waals surface area contributed by atoms with E-state index in [1.807, 2.05) is 30.3 Å². The third kappa shape index (κ3) is 3.51. The molecular formula is C25H24N6O. The van der Waals surface area contributed by atoms with Gasteiger partial charge < -0.3 is 5.32 Å². The molecule has 0 fully saturated rings. The Kier molecular flexibility index (Phi) is 4.74. The fraction of sp³-hybridized carbons (Fsp3) is 0.200. The summed E-state index contributed by atoms with van der Waals surface area (Å²) >= 11 is 0. The van der Waals surface area contributed by atoms with Gasteiger partial charge in [0.1, 0.15) is 0 Å². The molecule has 7 nitrogen and oxygen atoms in total. The van der Waals surface area contributed by atoms with Gasteiger partial charge in [-0.15, -0.1) is 0 Å². The molecule has 2 N–H and O–H groups in total. The van der Waals surface area contributed by atoms with Crippen LogP contribution < -0.4 is 10.9 Å². The summed E-state index contributed by atoms with van der Waals surface area (Å²) in [4.78, 5) is 22.4. The molecule has 0 aliphatic carbocycles. The van der Waals surface area contributed by atoms with Crippen LogP contribution in [0.4, 0.5) is 5.95 Å². The second-order valence-electron chi connectivity index (χ2n) is 8.87. The maximum absolute atomic E-state index is 13.2. The minimum Gasteiger partial charge on any atom is -0.350 e. The van der Waals surface area contributed by atoms with Crippen LogP contribution >= 0.6 is 0 Å². The third-order valence-corrected chi connectivity index (χ3v) is 5.61. The molecule has 0 saturated heterocycles. The number of nitrogens with zero attached hydrogens (tertiary/aromatic N) is 4. The molecule has 5 aromatic rings. The highest BCUT2D eigenvalue weighted by molar-refractivity contribution is 6.02. The van der Waals surface area contributed by atoms with Crippen molar-refractivity contribution in [2.45, 2.75) is 32.7 Å². The summed E-state index contributed by atoms with van der Waals surface area (Å²) in [6.45, 7) is 7.18. The number of hydrogen-bond acceptors (Lipinski definition) is 5. The Hall–Kier alpha value is -4.00. The highest BCUT2D eigenvalue weighted by Crippen LogP contribution is 2.24. The molecule has 0 bridgehead atoms. The van der Waals surface area contributed by atoms with Gasteiger partial charge in [0.05, 0.1) is 28.2 Å². The summed E-state index contributed by atoms with van der Waals surface area (Å²) < 4.78 is 1.61. The molecular weight excluding hydrogens is 400 g/mol. The second-order valence-corrected chi connectivity index (χ2v) is 8.87. The van der Waals surface area contributed by atoms with Gasteiger partial charge in [-0.05, 0) is 28.7 Å². The van der Waals surface area contributed by atoms with Crippen LogP contribution in [0.2, 0.25) is 0 Å². The quantitative estimate of drug-likeness (QED) is 0.441. The molecule has 3 heterocycles. The predicted molar refractivity (Wildman–Crippen MR) is 127 cm³/mol. The Labute approximate surface area is 185 Å². The van der Waals surface area contributed by atoms with Crippen molar-refractivity contribution in [2.75, 3.05) is 5.32 Å². The van der Waals surface area contributed by atoms with Crippen LogP contribution in [0.5, 0.6) is 0 Å². The van der Waals surface area contributed by atoms with Gasteiger partial charge in [0.15, 0.2) is 5.65 Å². The van der Waals surface area contributed by atoms with E-state index in [0.717, 1.165) is 16.6 Å². The normalized spacial score (nSPS) is 11.8. The topological polar surface area (TPSA) is 88.5 Å². The summed E-state index contributed by atoms with van der Waals surface area (Å²) in [6, 6.07) is 18.0. The van der Waals surface area contributed by atoms with Crippen LogP contribution in [0.3, 0.4) is 0 Å². The molecule has 0 aliphatic rings. The van der Waals surface area contributed by atoms with Crippen molar-refractivity contribution in [1.82, 2.24) is 24.7 Å². The van der Waals surface area contributed by atoms with Crippen LogP contribution in [0.1, 0.15) is 31.9 Å². The van der Waals surface area contributed by atoms with Crippen molar-refractivity contribution < 1.29 is 0 Å². The van der Waals surface area contributed by atoms with E-state index in [0.29, 0.717) is 29.0 Å². The number of aromatic nitrogens is 5. The first-order chi connectivity index (χ1) is 15.4. The first kappa shape index (κ1) is 19.9. The molecule has 0 saturated carbocycles. The zero-order valence-electron chi connectivity index (χ0n) is 18.3. The van der Waals surface area contributed by atoms with Crippen LogP contribution in [0.15, 0.2) is 71.8 Å². The standard InChI is InChI=1S/C25H24N6O/c1-25(2,3)17-11-9-16(10-12-17)13-26-24-27-14-19-21-20(15-28-30-21)23(32)31(22(19)29-24)18-7-5-4-6-8-18/h4-12,14-15H,13H2,1-3H3,(H,28,30)(H,26,27,29). The zero-order chi connectivity index (χ0) is 22.3. The number of aromatic amines is 1. The number of nitrogens with one attached hydrogen (secondary N) is 2. The summed E-state index contributed by atoms with van der Waals surface area (Å²) in [7, 11) is 0. The number of H-pyrrole nitrogens is 1. The Morgan fingerprint density at radius 2 is 1.72 bits per heavy atom. The van der Waals surface area contributed by atoms with Crippen LogP contribution in [-0.2, 0) is 12.0 Å². The Balaban J connectivity index is 1.55. The fourth-order valence-electron chi connectivity index (χ4n) is 3.80. The molecule has 2 aromatic carbocycles. The Morgan fingerprint density at radius 3 is 2.44 bits per heavy atom. The number of fused-ring (bicyclic) bond motifs is 3. The van der Waals surface area contributed by atoms with Gasteiger partial charge in [0.25, 0.3) is 5.56 Å². The van der Waals surface area contributed by atoms with Crippen molar-refractivity contribution in [3.63, 3.8) is 0 Å². The van der Waals surface area contributed by atoms with E-state index >= 15 is 0 Å². The van der Waals surface area contributed by atoms with Crippen molar-refractivity contribution in [3.05, 3.63) is 88.5 Å². The first-order valence-corrected chi connectivity index (χ1v) is 10.6. The lowest BCUT2D eigenvalue weighted by molar-refractivity contribution is 0.590. The minimum absolute atomic E-state index is 0.118. The molecule has 32 heavy (non-hydrogen) atoms. The van der Waals surface area contributed by atoms with Gasteiger partial charge in [-0.1, -0.05) is 63.2 Å². The molecule has 160 valence electrons. The maximum Gasteiger partial charge on any atom is 0.267 e. The van der Waals surface area contributed by atoms with Crippen LogP contribution in [-0.4, -0.2) is 24.7 Å². The lowest BCUT2D eigenvalue weighted by Crippen LogP contribution is -2.20. The lowest BCUT2D eigenvalue weighted by Gasteiger charge is -2.19. The van der Waals surface area contributed by atoms with E-state index < -0.39 is 0 Å². The Bertz CT molecular complexity index is 1460. The zero-order valence-corrected chi connectivity index (χ0v) is 18.3. The molecule has 0 unspecified atom stereocenters. The second kappa shape index (κ2) is 7.60. The Morgan fingerprint density at radius 1 is 0.969 bits per heavy atom. The highest BCUT2D eigenvalue weighted by atomic mass is 16.1. The molecule has 0 amide bonds. The number of rotatable bonds is 4. The minimum atomic E-state index is -0.171. The first-order valence-electron chi connectivity index (χ1n) is 10.6. The van der Waals surface area contributed by atoms with E-state index in [-0.39, 0.29) is 11.0 Å². The third-order valence-electron chi connectivity index (χ3n) is 5.61. The fourth-order valence-corrected chi connectivity index (χ4v) is 3.80. The highest BCUT2D eigenvalue weighted by Gasteiger charge is 2.16. The molecule has 0 aliphatic heterocycles. The molecule has 5 rings (SSSR count). The molecule has 0 radical (unpaired) electrons. The van der Waals surface area contributed by atoms with E-state index in [2.05, 4.69) is 65.5 Å². The maximum atomic E-state index is 13.2. The van der Waals surface area contributed by atoms with E-state index in [9.17, 15) is 4.79 Å². The summed E-state index contributed by atoms with van der Waals surface area (Å²) in [5, 5.41) is 11.5. The van der Waals surface area contributed by atoms with Gasteiger partial charge >= 0.3 is 0 Å². The molecule has 7 heteroatoms. The van der Waals surface area contributed by atoms with Crippen molar-refractivity contribution in [3.8, 4) is 5.69 Å². The predicted octanol–water partition coefficient (Wildman–Crippen LogP) is 4.57. The van der Waals surface area contributed by atoms with Gasteiger partial charge in [-0.3, -0.25) is 14.5 Å². The van der Waals surface area contributed by atoms with Crippen LogP contribution in [0.25, 0.3) is 27.6 Å². The molecule has 0 atom stereocenters. The van der Waals surface area contributed by atoms with E-state index in [4.69, 9.17) is 4.98 Å². The number of anilines is 1. The van der Waals surface area contributed by atoms with E-state index in [1.54, 1.807) is 17.0 Å². The van der Waals surface area contributed by atoms with Crippen molar-refractivity contribution in [1.29, 1.82) is 0 Å². The number of hydrogen-bond donors (Lipinski definition) is 2. The number of benzene rings is 2. The van der Waals surface area contributed by atoms with E-state index in [1.165, 1.54) is 5.56 Å². The monoisotopic (exact) mass is 424 g/mol. The van der Waals surface area contributed by atoms with Crippen LogP contribution in [0, 0.1) is 0 Å². The summed E-state index contributed by atoms with van der Waals surface area (Å²) in [6.07, 6.45) is 3.27. The number of pyridine rings is 1. The molecule has 3 aromatic heterocycles. The lowest BCUT2D eigenvalue weighted by atomic mass is 9.87.